The van der Waals surface area contributed by atoms with Gasteiger partial charge in [0.05, 0.1) is 23.6 Å². The second kappa shape index (κ2) is 10.8. The summed E-state index contributed by atoms with van der Waals surface area (Å²) in [6.45, 7) is 0. The summed E-state index contributed by atoms with van der Waals surface area (Å²) >= 11 is 0.972. The maximum absolute atomic E-state index is 13.5. The fourth-order valence-corrected chi connectivity index (χ4v) is 5.13. The monoisotopic (exact) mass is 523 g/mol. The molecule has 1 fully saturated rings. The van der Waals surface area contributed by atoms with Gasteiger partial charge in [-0.2, -0.15) is 18.4 Å². The second-order valence-corrected chi connectivity index (χ2v) is 9.16. The standard InChI is InChI=1S/C27H20F3N3O3S/c1-36-22-13-6-5-12-21(22)32-24(34)20(16-31)26-33(19-10-3-2-4-11-19)25(35)23(37-26)15-17-8-7-9-18(14-17)27(28,29)30/h2-14,23H,15H2,1H3,(H,32,34)/b26-20-/t23-/m1/s1. The summed E-state index contributed by atoms with van der Waals surface area (Å²) in [5.41, 5.74) is -0.0413. The van der Waals surface area contributed by atoms with E-state index in [9.17, 15) is 28.0 Å². The van der Waals surface area contributed by atoms with Crippen molar-refractivity contribution in [3.8, 4) is 11.8 Å². The third-order valence-corrected chi connectivity index (χ3v) is 6.81. The van der Waals surface area contributed by atoms with Gasteiger partial charge >= 0.3 is 6.18 Å². The van der Waals surface area contributed by atoms with Gasteiger partial charge in [0.15, 0.2) is 0 Å². The molecule has 1 N–H and O–H groups in total. The zero-order valence-electron chi connectivity index (χ0n) is 19.5. The fourth-order valence-electron chi connectivity index (χ4n) is 3.82. The van der Waals surface area contributed by atoms with Crippen LogP contribution in [-0.2, 0) is 22.2 Å². The van der Waals surface area contributed by atoms with Crippen LogP contribution in [0.2, 0.25) is 0 Å². The molecule has 37 heavy (non-hydrogen) atoms. The zero-order valence-corrected chi connectivity index (χ0v) is 20.3. The predicted octanol–water partition coefficient (Wildman–Crippen LogP) is 5.78. The van der Waals surface area contributed by atoms with Gasteiger partial charge in [0, 0.05) is 5.69 Å². The van der Waals surface area contributed by atoms with Crippen LogP contribution in [0.25, 0.3) is 0 Å². The maximum Gasteiger partial charge on any atom is 0.416 e. The number of para-hydroxylation sites is 3. The molecule has 1 aliphatic rings. The molecule has 1 aliphatic heterocycles. The van der Waals surface area contributed by atoms with Crippen LogP contribution in [0.5, 0.6) is 5.75 Å². The lowest BCUT2D eigenvalue weighted by Crippen LogP contribution is -2.31. The summed E-state index contributed by atoms with van der Waals surface area (Å²) in [5, 5.41) is 11.8. The Kier molecular flexibility index (Phi) is 7.55. The summed E-state index contributed by atoms with van der Waals surface area (Å²) < 4.78 is 44.8. The number of benzene rings is 3. The number of ether oxygens (including phenoxy) is 1. The lowest BCUT2D eigenvalue weighted by Gasteiger charge is -2.19. The number of nitriles is 1. The van der Waals surface area contributed by atoms with Crippen molar-refractivity contribution in [3.05, 3.63) is 101 Å². The number of nitrogens with one attached hydrogen (secondary N) is 1. The van der Waals surface area contributed by atoms with Gasteiger partial charge in [-0.05, 0) is 42.3 Å². The van der Waals surface area contributed by atoms with E-state index in [0.717, 1.165) is 23.9 Å². The number of rotatable bonds is 6. The molecule has 188 valence electrons. The number of hydrogen-bond donors (Lipinski definition) is 1. The summed E-state index contributed by atoms with van der Waals surface area (Å²) in [4.78, 5) is 27.9. The van der Waals surface area contributed by atoms with E-state index in [-0.39, 0.29) is 17.0 Å². The summed E-state index contributed by atoms with van der Waals surface area (Å²) in [7, 11) is 1.44. The summed E-state index contributed by atoms with van der Waals surface area (Å²) in [6, 6.07) is 21.8. The molecule has 10 heteroatoms. The minimum absolute atomic E-state index is 0.0207. The van der Waals surface area contributed by atoms with Gasteiger partial charge in [-0.1, -0.05) is 60.3 Å². The summed E-state index contributed by atoms with van der Waals surface area (Å²) in [6.07, 6.45) is -4.54. The molecule has 0 aromatic heterocycles. The number of anilines is 2. The Morgan fingerprint density at radius 2 is 1.78 bits per heavy atom. The number of thioether (sulfide) groups is 1. The van der Waals surface area contributed by atoms with E-state index in [4.69, 9.17) is 4.74 Å². The van der Waals surface area contributed by atoms with Gasteiger partial charge in [-0.3, -0.25) is 14.5 Å². The van der Waals surface area contributed by atoms with Crippen molar-refractivity contribution in [2.45, 2.75) is 17.8 Å². The molecule has 1 heterocycles. The van der Waals surface area contributed by atoms with E-state index < -0.39 is 28.8 Å². The quantitative estimate of drug-likeness (QED) is 0.327. The first-order valence-electron chi connectivity index (χ1n) is 11.0. The third-order valence-electron chi connectivity index (χ3n) is 5.55. The molecular formula is C27H20F3N3O3S. The van der Waals surface area contributed by atoms with Gasteiger partial charge < -0.3 is 10.1 Å². The Morgan fingerprint density at radius 1 is 1.08 bits per heavy atom. The Morgan fingerprint density at radius 3 is 2.46 bits per heavy atom. The van der Waals surface area contributed by atoms with Crippen LogP contribution in [0, 0.1) is 11.3 Å². The number of alkyl halides is 3. The van der Waals surface area contributed by atoms with Crippen molar-refractivity contribution in [3.63, 3.8) is 0 Å². The van der Waals surface area contributed by atoms with E-state index in [1.165, 1.54) is 24.1 Å². The number of methoxy groups -OCH3 is 1. The largest absolute Gasteiger partial charge is 0.495 e. The van der Waals surface area contributed by atoms with Crippen LogP contribution >= 0.6 is 11.8 Å². The predicted molar refractivity (Wildman–Crippen MR) is 135 cm³/mol. The van der Waals surface area contributed by atoms with Crippen molar-refractivity contribution in [2.75, 3.05) is 17.3 Å². The normalized spacial score (nSPS) is 16.8. The molecule has 1 atom stereocenters. The highest BCUT2D eigenvalue weighted by atomic mass is 32.2. The van der Waals surface area contributed by atoms with Crippen LogP contribution in [0.1, 0.15) is 11.1 Å². The SMILES string of the molecule is COc1ccccc1NC(=O)/C(C#N)=C1\S[C@H](Cc2cccc(C(F)(F)F)c2)C(=O)N1c1ccccc1. The highest BCUT2D eigenvalue weighted by Crippen LogP contribution is 2.42. The Hall–Kier alpha value is -4.23. The van der Waals surface area contributed by atoms with Gasteiger partial charge in [0.1, 0.15) is 22.4 Å². The lowest BCUT2D eigenvalue weighted by atomic mass is 10.1. The van der Waals surface area contributed by atoms with Gasteiger partial charge in [-0.15, -0.1) is 0 Å². The minimum atomic E-state index is -4.52. The highest BCUT2D eigenvalue weighted by molar-refractivity contribution is 8.05. The molecule has 0 spiro atoms. The number of hydrogen-bond acceptors (Lipinski definition) is 5. The van der Waals surface area contributed by atoms with E-state index in [2.05, 4.69) is 5.32 Å². The average molecular weight is 524 g/mol. The average Bonchev–Trinajstić information content (AvgIpc) is 3.20. The van der Waals surface area contributed by atoms with Crippen molar-refractivity contribution in [2.24, 2.45) is 0 Å². The zero-order chi connectivity index (χ0) is 26.6. The van der Waals surface area contributed by atoms with Crippen molar-refractivity contribution in [1.82, 2.24) is 0 Å². The Labute approximate surface area is 215 Å². The van der Waals surface area contributed by atoms with Gasteiger partial charge in [-0.25, -0.2) is 0 Å². The lowest BCUT2D eigenvalue weighted by molar-refractivity contribution is -0.137. The van der Waals surface area contributed by atoms with Gasteiger partial charge in [0.2, 0.25) is 5.91 Å². The first kappa shape index (κ1) is 25.9. The number of amides is 2. The van der Waals surface area contributed by atoms with Crippen LogP contribution in [0.3, 0.4) is 0 Å². The molecule has 0 aliphatic carbocycles. The van der Waals surface area contributed by atoms with Crippen molar-refractivity contribution in [1.29, 1.82) is 5.26 Å². The van der Waals surface area contributed by atoms with Crippen LogP contribution in [0.15, 0.2) is 89.5 Å². The first-order valence-corrected chi connectivity index (χ1v) is 11.9. The van der Waals surface area contributed by atoms with Crippen LogP contribution in [-0.4, -0.2) is 24.2 Å². The summed E-state index contributed by atoms with van der Waals surface area (Å²) in [5.74, 6) is -0.806. The molecule has 2 amide bonds. The number of halogens is 3. The number of nitrogens with zero attached hydrogens (tertiary/aromatic N) is 2. The van der Waals surface area contributed by atoms with Crippen LogP contribution in [0.4, 0.5) is 24.5 Å². The van der Waals surface area contributed by atoms with E-state index in [1.807, 2.05) is 6.07 Å². The maximum atomic E-state index is 13.5. The molecule has 0 saturated carbocycles. The number of carbonyl (C=O) groups excluding carboxylic acids is 2. The molecular weight excluding hydrogens is 503 g/mol. The van der Waals surface area contributed by atoms with E-state index in [1.54, 1.807) is 54.6 Å². The highest BCUT2D eigenvalue weighted by Gasteiger charge is 2.41. The molecule has 0 unspecified atom stereocenters. The van der Waals surface area contributed by atoms with Crippen LogP contribution < -0.4 is 15.0 Å². The second-order valence-electron chi connectivity index (χ2n) is 7.96. The smallest absolute Gasteiger partial charge is 0.416 e. The topological polar surface area (TPSA) is 82.4 Å². The molecule has 3 aromatic rings. The van der Waals surface area contributed by atoms with Gasteiger partial charge in [0.25, 0.3) is 5.91 Å². The fraction of sp³-hybridized carbons (Fsp3) is 0.148. The first-order chi connectivity index (χ1) is 17.7. The number of carbonyl (C=O) groups is 2. The van der Waals surface area contributed by atoms with E-state index >= 15 is 0 Å². The third kappa shape index (κ3) is 5.62. The van der Waals surface area contributed by atoms with Crippen molar-refractivity contribution < 1.29 is 27.5 Å². The van der Waals surface area contributed by atoms with E-state index in [0.29, 0.717) is 22.7 Å². The molecule has 0 bridgehead atoms. The minimum Gasteiger partial charge on any atom is -0.495 e. The molecule has 6 nitrogen and oxygen atoms in total. The Balaban J connectivity index is 1.71. The Bertz CT molecular complexity index is 1400. The molecule has 3 aromatic carbocycles. The molecule has 1 saturated heterocycles. The van der Waals surface area contributed by atoms with Crippen molar-refractivity contribution >= 4 is 35.0 Å². The molecule has 4 rings (SSSR count). The molecule has 0 radical (unpaired) electrons.